The summed E-state index contributed by atoms with van der Waals surface area (Å²) < 4.78 is 0. The standard InChI is InChI=1S/C13H14N2OS/c1-10-13(17-9-14-10)11(2)15-16-8-12-6-4-3-5-7-12/h3-7,9H,8H2,1-2H3/b15-11+. The summed E-state index contributed by atoms with van der Waals surface area (Å²) in [6, 6.07) is 10.00. The molecule has 0 bridgehead atoms. The lowest BCUT2D eigenvalue weighted by atomic mass is 10.2. The zero-order chi connectivity index (χ0) is 12.1. The summed E-state index contributed by atoms with van der Waals surface area (Å²) in [7, 11) is 0. The molecule has 1 aromatic heterocycles. The Labute approximate surface area is 105 Å². The van der Waals surface area contributed by atoms with Crippen LogP contribution >= 0.6 is 11.3 Å². The van der Waals surface area contributed by atoms with Crippen LogP contribution in [0.1, 0.15) is 23.1 Å². The van der Waals surface area contributed by atoms with Crippen molar-refractivity contribution < 1.29 is 4.84 Å². The molecule has 0 amide bonds. The number of thiazole rings is 1. The number of oxime groups is 1. The molecule has 4 heteroatoms. The Kier molecular flexibility index (Phi) is 3.88. The van der Waals surface area contributed by atoms with E-state index in [4.69, 9.17) is 4.84 Å². The summed E-state index contributed by atoms with van der Waals surface area (Å²) in [5, 5.41) is 4.11. The van der Waals surface area contributed by atoms with E-state index in [9.17, 15) is 0 Å². The summed E-state index contributed by atoms with van der Waals surface area (Å²) in [6.45, 7) is 4.41. The first-order valence-corrected chi connectivity index (χ1v) is 6.26. The van der Waals surface area contributed by atoms with Gasteiger partial charge in [0.05, 0.1) is 21.8 Å². The highest BCUT2D eigenvalue weighted by molar-refractivity contribution is 7.12. The van der Waals surface area contributed by atoms with Gasteiger partial charge in [0.2, 0.25) is 0 Å². The van der Waals surface area contributed by atoms with Gasteiger partial charge in [0.25, 0.3) is 0 Å². The molecule has 0 aliphatic heterocycles. The molecule has 0 aliphatic rings. The molecule has 0 spiro atoms. The van der Waals surface area contributed by atoms with Crippen LogP contribution in [0.15, 0.2) is 41.0 Å². The number of hydrogen-bond donors (Lipinski definition) is 0. The Hall–Kier alpha value is -1.68. The summed E-state index contributed by atoms with van der Waals surface area (Å²) in [6.07, 6.45) is 0. The first kappa shape index (κ1) is 11.8. The number of aromatic nitrogens is 1. The van der Waals surface area contributed by atoms with E-state index in [1.807, 2.05) is 49.7 Å². The van der Waals surface area contributed by atoms with Crippen molar-refractivity contribution in [1.82, 2.24) is 4.98 Å². The van der Waals surface area contributed by atoms with Crippen LogP contribution in [0.4, 0.5) is 0 Å². The van der Waals surface area contributed by atoms with Crippen molar-refractivity contribution in [1.29, 1.82) is 0 Å². The lowest BCUT2D eigenvalue weighted by Gasteiger charge is -2.01. The fourth-order valence-electron chi connectivity index (χ4n) is 1.47. The third-order valence-electron chi connectivity index (χ3n) is 2.35. The normalized spacial score (nSPS) is 11.5. The van der Waals surface area contributed by atoms with Crippen molar-refractivity contribution in [2.75, 3.05) is 0 Å². The molecule has 17 heavy (non-hydrogen) atoms. The largest absolute Gasteiger partial charge is 0.391 e. The van der Waals surface area contributed by atoms with Crippen molar-refractivity contribution in [2.24, 2.45) is 5.16 Å². The zero-order valence-electron chi connectivity index (χ0n) is 9.88. The number of rotatable bonds is 4. The Bertz CT molecular complexity index is 505. The van der Waals surface area contributed by atoms with Crippen LogP contribution in [-0.2, 0) is 11.4 Å². The fourth-order valence-corrected chi connectivity index (χ4v) is 2.22. The Balaban J connectivity index is 1.96. The topological polar surface area (TPSA) is 34.5 Å². The molecule has 3 nitrogen and oxygen atoms in total. The van der Waals surface area contributed by atoms with Gasteiger partial charge in [-0.15, -0.1) is 11.3 Å². The SMILES string of the molecule is C/C(=N\OCc1ccccc1)c1scnc1C. The average Bonchev–Trinajstić information content (AvgIpc) is 2.77. The smallest absolute Gasteiger partial charge is 0.142 e. The third kappa shape index (κ3) is 3.14. The summed E-state index contributed by atoms with van der Waals surface area (Å²) in [4.78, 5) is 10.6. The second-order valence-corrected chi connectivity index (χ2v) is 4.56. The maximum absolute atomic E-state index is 5.33. The first-order chi connectivity index (χ1) is 8.27. The minimum atomic E-state index is 0.496. The van der Waals surface area contributed by atoms with Crippen LogP contribution in [0.3, 0.4) is 0 Å². The van der Waals surface area contributed by atoms with E-state index in [0.29, 0.717) is 6.61 Å². The van der Waals surface area contributed by atoms with E-state index in [0.717, 1.165) is 21.8 Å². The van der Waals surface area contributed by atoms with Crippen LogP contribution in [0.5, 0.6) is 0 Å². The Morgan fingerprint density at radius 1 is 1.35 bits per heavy atom. The van der Waals surface area contributed by atoms with E-state index < -0.39 is 0 Å². The minimum absolute atomic E-state index is 0.496. The molecule has 88 valence electrons. The number of hydrogen-bond acceptors (Lipinski definition) is 4. The van der Waals surface area contributed by atoms with Gasteiger partial charge in [-0.1, -0.05) is 35.5 Å². The quantitative estimate of drug-likeness (QED) is 0.612. The Morgan fingerprint density at radius 2 is 2.12 bits per heavy atom. The molecule has 2 aromatic rings. The predicted molar refractivity (Wildman–Crippen MR) is 70.3 cm³/mol. The number of benzene rings is 1. The van der Waals surface area contributed by atoms with E-state index in [1.54, 1.807) is 11.3 Å². The van der Waals surface area contributed by atoms with Gasteiger partial charge in [0.1, 0.15) is 6.61 Å². The van der Waals surface area contributed by atoms with E-state index in [-0.39, 0.29) is 0 Å². The summed E-state index contributed by atoms with van der Waals surface area (Å²) in [5.74, 6) is 0. The molecule has 0 unspecified atom stereocenters. The monoisotopic (exact) mass is 246 g/mol. The molecular weight excluding hydrogens is 232 g/mol. The van der Waals surface area contributed by atoms with Crippen LogP contribution in [0, 0.1) is 6.92 Å². The van der Waals surface area contributed by atoms with Crippen LogP contribution < -0.4 is 0 Å². The van der Waals surface area contributed by atoms with Crippen molar-refractivity contribution in [2.45, 2.75) is 20.5 Å². The third-order valence-corrected chi connectivity index (χ3v) is 3.39. The van der Waals surface area contributed by atoms with Gasteiger partial charge in [0, 0.05) is 0 Å². The minimum Gasteiger partial charge on any atom is -0.391 e. The average molecular weight is 246 g/mol. The van der Waals surface area contributed by atoms with Crippen LogP contribution in [-0.4, -0.2) is 10.7 Å². The number of aryl methyl sites for hydroxylation is 1. The molecule has 0 aliphatic carbocycles. The van der Waals surface area contributed by atoms with Gasteiger partial charge < -0.3 is 4.84 Å². The lowest BCUT2D eigenvalue weighted by Crippen LogP contribution is -1.96. The fraction of sp³-hybridized carbons (Fsp3) is 0.231. The van der Waals surface area contributed by atoms with Gasteiger partial charge in [-0.25, -0.2) is 4.98 Å². The zero-order valence-corrected chi connectivity index (χ0v) is 10.7. The van der Waals surface area contributed by atoms with Crippen molar-refractivity contribution in [3.05, 3.63) is 52.0 Å². The van der Waals surface area contributed by atoms with E-state index in [1.165, 1.54) is 0 Å². The molecule has 0 saturated heterocycles. The maximum atomic E-state index is 5.33. The highest BCUT2D eigenvalue weighted by Crippen LogP contribution is 2.13. The summed E-state index contributed by atoms with van der Waals surface area (Å²) in [5.41, 5.74) is 4.81. The van der Waals surface area contributed by atoms with Crippen molar-refractivity contribution in [3.63, 3.8) is 0 Å². The first-order valence-electron chi connectivity index (χ1n) is 5.38. The number of nitrogens with zero attached hydrogens (tertiary/aromatic N) is 2. The van der Waals surface area contributed by atoms with Crippen LogP contribution in [0.2, 0.25) is 0 Å². The van der Waals surface area contributed by atoms with Gasteiger partial charge in [-0.05, 0) is 19.4 Å². The second-order valence-electron chi connectivity index (χ2n) is 3.70. The van der Waals surface area contributed by atoms with Crippen molar-refractivity contribution in [3.8, 4) is 0 Å². The predicted octanol–water partition coefficient (Wildman–Crippen LogP) is 3.39. The molecule has 0 atom stereocenters. The van der Waals surface area contributed by atoms with Gasteiger partial charge in [-0.3, -0.25) is 0 Å². The Morgan fingerprint density at radius 3 is 2.76 bits per heavy atom. The molecule has 0 fully saturated rings. The highest BCUT2D eigenvalue weighted by atomic mass is 32.1. The molecule has 0 radical (unpaired) electrons. The molecule has 1 heterocycles. The second kappa shape index (κ2) is 5.59. The molecule has 0 N–H and O–H groups in total. The van der Waals surface area contributed by atoms with Gasteiger partial charge in [0.15, 0.2) is 0 Å². The van der Waals surface area contributed by atoms with E-state index >= 15 is 0 Å². The van der Waals surface area contributed by atoms with Crippen LogP contribution in [0.25, 0.3) is 0 Å². The molecular formula is C13H14N2OS. The van der Waals surface area contributed by atoms with Gasteiger partial charge >= 0.3 is 0 Å². The highest BCUT2D eigenvalue weighted by Gasteiger charge is 2.04. The van der Waals surface area contributed by atoms with Crippen molar-refractivity contribution >= 4 is 17.0 Å². The molecule has 2 rings (SSSR count). The van der Waals surface area contributed by atoms with Gasteiger partial charge in [-0.2, -0.15) is 0 Å². The van der Waals surface area contributed by atoms with E-state index in [2.05, 4.69) is 10.1 Å². The lowest BCUT2D eigenvalue weighted by molar-refractivity contribution is 0.130. The molecule has 0 saturated carbocycles. The summed E-state index contributed by atoms with van der Waals surface area (Å²) >= 11 is 1.58. The maximum Gasteiger partial charge on any atom is 0.142 e. The molecule has 1 aromatic carbocycles.